The predicted molar refractivity (Wildman–Crippen MR) is 258 cm³/mol. The van der Waals surface area contributed by atoms with E-state index in [2.05, 4.69) is 208 Å². The Morgan fingerprint density at radius 1 is 0.633 bits per heavy atom. The molecule has 2 aromatic heterocycles. The van der Waals surface area contributed by atoms with E-state index >= 15 is 0 Å². The van der Waals surface area contributed by atoms with Gasteiger partial charge in [-0.25, -0.2) is 0 Å². The average molecular weight is 805 g/mol. The first kappa shape index (κ1) is 38.0. The third-order valence-corrected chi connectivity index (χ3v) is 16.1. The van der Waals surface area contributed by atoms with Crippen molar-refractivity contribution in [3.63, 3.8) is 0 Å². The lowest BCUT2D eigenvalue weighted by Crippen LogP contribution is -2.60. The largest absolute Gasteiger partial charge is 0.468 e. The molecule has 0 fully saturated rings. The van der Waals surface area contributed by atoms with E-state index in [0.717, 1.165) is 23.4 Å². The highest BCUT2D eigenvalue weighted by Gasteiger charge is 2.54. The fourth-order valence-electron chi connectivity index (χ4n) is 11.8. The highest BCUT2D eigenvalue weighted by atomic mass is 32.1. The maximum Gasteiger partial charge on any atom is 0.309 e. The molecule has 7 aromatic rings. The highest BCUT2D eigenvalue weighted by molar-refractivity contribution is 7.29. The van der Waals surface area contributed by atoms with Gasteiger partial charge in [-0.1, -0.05) is 132 Å². The van der Waals surface area contributed by atoms with Gasteiger partial charge in [-0.05, 0) is 128 Å². The van der Waals surface area contributed by atoms with Gasteiger partial charge < -0.3 is 14.2 Å². The highest BCUT2D eigenvalue weighted by Crippen LogP contribution is 2.59. The van der Waals surface area contributed by atoms with Crippen LogP contribution in [0.25, 0.3) is 22.1 Å². The van der Waals surface area contributed by atoms with Crippen LogP contribution in [0.5, 0.6) is 0 Å². The molecule has 0 atom stereocenters. The Bertz CT molecular complexity index is 2960. The monoisotopic (exact) mass is 804 g/mol. The molecule has 302 valence electrons. The Kier molecular flexibility index (Phi) is 7.52. The first-order chi connectivity index (χ1) is 28.2. The van der Waals surface area contributed by atoms with Crippen molar-refractivity contribution in [1.29, 1.82) is 0 Å². The molecule has 0 saturated carbocycles. The lowest BCUT2D eigenvalue weighted by Gasteiger charge is -2.42. The van der Waals surface area contributed by atoms with Gasteiger partial charge in [-0.3, -0.25) is 0 Å². The Labute approximate surface area is 361 Å². The summed E-state index contributed by atoms with van der Waals surface area (Å²) in [5.41, 5.74) is 21.6. The summed E-state index contributed by atoms with van der Waals surface area (Å²) in [6, 6.07) is 37.5. The van der Waals surface area contributed by atoms with Crippen molar-refractivity contribution in [2.45, 2.75) is 124 Å². The number of fused-ring (bicyclic) bond motifs is 11. The molecule has 0 unspecified atom stereocenters. The number of nitrogens with zero attached hydrogens (tertiary/aromatic N) is 2. The fourth-order valence-corrected chi connectivity index (χ4v) is 13.4. The Balaban J connectivity index is 1.25. The van der Waals surface area contributed by atoms with Gasteiger partial charge in [0.2, 0.25) is 0 Å². The predicted octanol–water partition coefficient (Wildman–Crippen LogP) is 13.7. The van der Waals surface area contributed by atoms with Crippen molar-refractivity contribution in [2.75, 3.05) is 9.80 Å². The van der Waals surface area contributed by atoms with Crippen molar-refractivity contribution >= 4 is 79.0 Å². The van der Waals surface area contributed by atoms with Crippen LogP contribution < -0.4 is 25.7 Å². The summed E-state index contributed by atoms with van der Waals surface area (Å²) in [7, 11) is 0. The SMILES string of the molecule is Cc1cc2c3c(c1)N(c1ccc(C(C)(C)C)cc1)c1c(oc4cc5c(cc14)-c1ccccc1C5(C)C)B3c1sc3c(c1N2c1ccc(C(C)(C)C)cc1)C(C)(C)CC3(C)C. The number of aryl methyl sites for hydroxylation is 1. The van der Waals surface area contributed by atoms with E-state index in [9.17, 15) is 0 Å². The second kappa shape index (κ2) is 11.9. The molecule has 60 heavy (non-hydrogen) atoms. The molecule has 0 amide bonds. The van der Waals surface area contributed by atoms with Crippen molar-refractivity contribution in [2.24, 2.45) is 0 Å². The second-order valence-corrected chi connectivity index (χ2v) is 23.3. The molecule has 0 spiro atoms. The molecule has 0 N–H and O–H groups in total. The van der Waals surface area contributed by atoms with Gasteiger partial charge in [-0.15, -0.1) is 0 Å². The maximum atomic E-state index is 7.52. The van der Waals surface area contributed by atoms with Gasteiger partial charge in [0.15, 0.2) is 0 Å². The number of hydrogen-bond donors (Lipinski definition) is 0. The minimum absolute atomic E-state index is 0.00264. The molecule has 2 aliphatic carbocycles. The summed E-state index contributed by atoms with van der Waals surface area (Å²) in [4.78, 5) is 6.72. The van der Waals surface area contributed by atoms with Crippen LogP contribution in [0.4, 0.5) is 34.1 Å². The van der Waals surface area contributed by atoms with Crippen LogP contribution in [0.15, 0.2) is 101 Å². The first-order valence-electron chi connectivity index (χ1n) is 22.0. The molecule has 3 nitrogen and oxygen atoms in total. The van der Waals surface area contributed by atoms with E-state index in [1.807, 2.05) is 0 Å². The van der Waals surface area contributed by atoms with Crippen LogP contribution in [0.3, 0.4) is 0 Å². The number of rotatable bonds is 2. The normalized spacial score (nSPS) is 17.6. The molecule has 4 heterocycles. The Morgan fingerprint density at radius 2 is 1.20 bits per heavy atom. The molecule has 2 aliphatic heterocycles. The van der Waals surface area contributed by atoms with Crippen molar-refractivity contribution in [1.82, 2.24) is 0 Å². The summed E-state index contributed by atoms with van der Waals surface area (Å²) >= 11 is 2.05. The summed E-state index contributed by atoms with van der Waals surface area (Å²) in [5, 5.41) is 1.18. The average Bonchev–Trinajstić information content (AvgIpc) is 3.87. The van der Waals surface area contributed by atoms with Gasteiger partial charge in [0.05, 0.1) is 11.4 Å². The summed E-state index contributed by atoms with van der Waals surface area (Å²) in [5.74, 6) is 0. The topological polar surface area (TPSA) is 19.6 Å². The molecule has 0 bridgehead atoms. The zero-order valence-corrected chi connectivity index (χ0v) is 38.5. The number of furan rings is 1. The van der Waals surface area contributed by atoms with Gasteiger partial charge in [0.1, 0.15) is 11.2 Å². The van der Waals surface area contributed by atoms with Gasteiger partial charge in [0, 0.05) is 48.6 Å². The zero-order chi connectivity index (χ0) is 42.2. The van der Waals surface area contributed by atoms with E-state index in [-0.39, 0.29) is 33.8 Å². The van der Waals surface area contributed by atoms with Gasteiger partial charge in [-0.2, -0.15) is 11.3 Å². The standard InChI is InChI=1S/C55H57BN2OS/c1-31-26-41-45-42(27-31)58(35-24-20-33(21-25-35)52(5,6)7)47-44-48(54(10,11)30-53(44,8)9)60-50(47)56(45)49-46(57(41)34-22-18-32(19-23-34)51(2,3)4)38-28-37-36-16-14-15-17-39(36)55(12,13)40(37)29-43(38)59-49/h14-29H,30H2,1-13H3. The van der Waals surface area contributed by atoms with E-state index in [1.165, 1.54) is 93.4 Å². The smallest absolute Gasteiger partial charge is 0.309 e. The third-order valence-electron chi connectivity index (χ3n) is 14.5. The van der Waals surface area contributed by atoms with Crippen LogP contribution in [-0.2, 0) is 27.1 Å². The third kappa shape index (κ3) is 5.08. The van der Waals surface area contributed by atoms with E-state index < -0.39 is 0 Å². The molecule has 0 radical (unpaired) electrons. The van der Waals surface area contributed by atoms with Crippen LogP contribution in [0, 0.1) is 6.92 Å². The summed E-state index contributed by atoms with van der Waals surface area (Å²) < 4.78 is 8.92. The number of thiophene rings is 1. The van der Waals surface area contributed by atoms with Crippen LogP contribution in [0.2, 0.25) is 0 Å². The van der Waals surface area contributed by atoms with Gasteiger partial charge in [0.25, 0.3) is 0 Å². The Hall–Kier alpha value is -5.00. The zero-order valence-electron chi connectivity index (χ0n) is 37.7. The van der Waals surface area contributed by atoms with Crippen LogP contribution >= 0.6 is 11.3 Å². The van der Waals surface area contributed by atoms with Gasteiger partial charge >= 0.3 is 6.71 Å². The second-order valence-electron chi connectivity index (χ2n) is 22.3. The van der Waals surface area contributed by atoms with Crippen molar-refractivity contribution < 1.29 is 4.42 Å². The molecule has 5 aromatic carbocycles. The lowest BCUT2D eigenvalue weighted by atomic mass is 9.38. The van der Waals surface area contributed by atoms with Crippen LogP contribution in [0.1, 0.15) is 128 Å². The molecule has 4 aliphatic rings. The Morgan fingerprint density at radius 3 is 1.78 bits per heavy atom. The number of hydrogen-bond acceptors (Lipinski definition) is 4. The fraction of sp³-hybridized carbons (Fsp3) is 0.345. The van der Waals surface area contributed by atoms with Crippen molar-refractivity contribution in [3.8, 4) is 11.1 Å². The molecule has 0 saturated heterocycles. The molecule has 11 rings (SSSR count). The van der Waals surface area contributed by atoms with E-state index in [0.29, 0.717) is 0 Å². The molecular weight excluding hydrogens is 747 g/mol. The first-order valence-corrected chi connectivity index (χ1v) is 22.8. The number of anilines is 6. The summed E-state index contributed by atoms with van der Waals surface area (Å²) in [6.07, 6.45) is 1.12. The minimum Gasteiger partial charge on any atom is -0.468 e. The van der Waals surface area contributed by atoms with E-state index in [1.54, 1.807) is 0 Å². The van der Waals surface area contributed by atoms with Crippen LogP contribution in [-0.4, -0.2) is 6.71 Å². The lowest BCUT2D eigenvalue weighted by molar-refractivity contribution is 0.405. The molecular formula is C55H57BN2OS. The minimum atomic E-state index is -0.129. The molecule has 5 heteroatoms. The number of benzene rings is 5. The van der Waals surface area contributed by atoms with Crippen molar-refractivity contribution in [3.05, 3.63) is 135 Å². The quantitative estimate of drug-likeness (QED) is 0.162. The van der Waals surface area contributed by atoms with E-state index in [4.69, 9.17) is 4.42 Å². The maximum absolute atomic E-state index is 7.52. The summed E-state index contributed by atoms with van der Waals surface area (Å²) in [6.45, 7) is 30.7.